The van der Waals surface area contributed by atoms with Gasteiger partial charge < -0.3 is 20.3 Å². The van der Waals surface area contributed by atoms with Gasteiger partial charge in [-0.05, 0) is 26.7 Å². The van der Waals surface area contributed by atoms with Crippen LogP contribution in [0, 0.1) is 5.41 Å². The molecule has 2 aliphatic heterocycles. The first-order valence-electron chi connectivity index (χ1n) is 7.81. The number of guanidine groups is 1. The van der Waals surface area contributed by atoms with Crippen molar-refractivity contribution in [2.24, 2.45) is 10.4 Å². The Hall–Kier alpha value is -0.810. The van der Waals surface area contributed by atoms with Crippen molar-refractivity contribution in [3.05, 3.63) is 0 Å². The molecule has 2 fully saturated rings. The Morgan fingerprint density at radius 2 is 2.00 bits per heavy atom. The number of nitrogens with zero attached hydrogens (tertiary/aromatic N) is 2. The monoisotopic (exact) mass is 282 g/mol. The molecule has 2 heterocycles. The molecule has 0 spiro atoms. The number of likely N-dealkylation sites (tertiary alicyclic amines) is 1. The van der Waals surface area contributed by atoms with Crippen LogP contribution in [0.4, 0.5) is 0 Å². The molecule has 0 aliphatic carbocycles. The average molecular weight is 282 g/mol. The quantitative estimate of drug-likeness (QED) is 0.598. The first-order valence-corrected chi connectivity index (χ1v) is 7.81. The SMILES string of the molecule is CN=C(NCC1(C)COC1)NC1CCN(C(C)C)CC1. The summed E-state index contributed by atoms with van der Waals surface area (Å²) in [6, 6.07) is 1.20. The summed E-state index contributed by atoms with van der Waals surface area (Å²) in [5.74, 6) is 0.932. The lowest BCUT2D eigenvalue weighted by molar-refractivity contribution is -0.0971. The molecule has 2 aliphatic rings. The van der Waals surface area contributed by atoms with Gasteiger partial charge in [0, 0.05) is 44.2 Å². The number of rotatable bonds is 4. The number of hydrogen-bond donors (Lipinski definition) is 2. The first kappa shape index (κ1) is 15.6. The number of aliphatic imine (C=N–C) groups is 1. The van der Waals surface area contributed by atoms with Crippen LogP contribution in [0.1, 0.15) is 33.6 Å². The third kappa shape index (κ3) is 4.09. The fraction of sp³-hybridized carbons (Fsp3) is 0.933. The van der Waals surface area contributed by atoms with Crippen molar-refractivity contribution in [3.63, 3.8) is 0 Å². The Morgan fingerprint density at radius 3 is 2.45 bits per heavy atom. The van der Waals surface area contributed by atoms with Gasteiger partial charge in [0.2, 0.25) is 0 Å². The van der Waals surface area contributed by atoms with E-state index in [4.69, 9.17) is 4.74 Å². The Labute approximate surface area is 123 Å². The van der Waals surface area contributed by atoms with Crippen LogP contribution in [-0.4, -0.2) is 62.8 Å². The Morgan fingerprint density at radius 1 is 1.35 bits per heavy atom. The molecule has 5 heteroatoms. The van der Waals surface area contributed by atoms with Crippen molar-refractivity contribution < 1.29 is 4.74 Å². The van der Waals surface area contributed by atoms with Crippen molar-refractivity contribution in [3.8, 4) is 0 Å². The van der Waals surface area contributed by atoms with Crippen LogP contribution in [0.5, 0.6) is 0 Å². The van der Waals surface area contributed by atoms with E-state index < -0.39 is 0 Å². The fourth-order valence-corrected chi connectivity index (χ4v) is 2.80. The lowest BCUT2D eigenvalue weighted by Gasteiger charge is -2.39. The Balaban J connectivity index is 1.71. The van der Waals surface area contributed by atoms with E-state index in [1.807, 2.05) is 7.05 Å². The van der Waals surface area contributed by atoms with E-state index in [9.17, 15) is 0 Å². The van der Waals surface area contributed by atoms with Gasteiger partial charge in [0.1, 0.15) is 0 Å². The van der Waals surface area contributed by atoms with Gasteiger partial charge in [-0.25, -0.2) is 0 Å². The zero-order chi connectivity index (χ0) is 14.6. The maximum absolute atomic E-state index is 5.28. The summed E-state index contributed by atoms with van der Waals surface area (Å²) < 4.78 is 5.28. The summed E-state index contributed by atoms with van der Waals surface area (Å²) in [6.07, 6.45) is 2.39. The van der Waals surface area contributed by atoms with Crippen molar-refractivity contribution >= 4 is 5.96 Å². The maximum Gasteiger partial charge on any atom is 0.191 e. The highest BCUT2D eigenvalue weighted by Crippen LogP contribution is 2.25. The largest absolute Gasteiger partial charge is 0.380 e. The van der Waals surface area contributed by atoms with Crippen LogP contribution in [-0.2, 0) is 4.74 Å². The third-order valence-corrected chi connectivity index (χ3v) is 4.41. The van der Waals surface area contributed by atoms with E-state index in [1.165, 1.54) is 25.9 Å². The van der Waals surface area contributed by atoms with Gasteiger partial charge in [-0.15, -0.1) is 0 Å². The molecule has 2 N–H and O–H groups in total. The van der Waals surface area contributed by atoms with Gasteiger partial charge in [0.25, 0.3) is 0 Å². The highest BCUT2D eigenvalue weighted by molar-refractivity contribution is 5.80. The molecular weight excluding hydrogens is 252 g/mol. The summed E-state index contributed by atoms with van der Waals surface area (Å²) in [5, 5.41) is 7.00. The lowest BCUT2D eigenvalue weighted by atomic mass is 9.89. The van der Waals surface area contributed by atoms with E-state index in [0.717, 1.165) is 25.7 Å². The molecule has 0 atom stereocenters. The van der Waals surface area contributed by atoms with Gasteiger partial charge in [-0.2, -0.15) is 0 Å². The number of nitrogens with one attached hydrogen (secondary N) is 2. The molecule has 116 valence electrons. The topological polar surface area (TPSA) is 48.9 Å². The van der Waals surface area contributed by atoms with Gasteiger partial charge in [-0.1, -0.05) is 6.92 Å². The maximum atomic E-state index is 5.28. The second-order valence-electron chi connectivity index (χ2n) is 6.78. The molecule has 20 heavy (non-hydrogen) atoms. The van der Waals surface area contributed by atoms with E-state index >= 15 is 0 Å². The van der Waals surface area contributed by atoms with Crippen molar-refractivity contribution in [2.75, 3.05) is 39.9 Å². The predicted molar refractivity (Wildman–Crippen MR) is 83.2 cm³/mol. The minimum Gasteiger partial charge on any atom is -0.380 e. The standard InChI is InChI=1S/C15H30N4O/c1-12(2)19-7-5-13(6-8-19)18-14(16-4)17-9-15(3)10-20-11-15/h12-13H,5-11H2,1-4H3,(H2,16,17,18). The molecule has 2 saturated heterocycles. The average Bonchev–Trinajstić information content (AvgIpc) is 2.41. The highest BCUT2D eigenvalue weighted by atomic mass is 16.5. The lowest BCUT2D eigenvalue weighted by Crippen LogP contribution is -2.54. The molecule has 0 aromatic rings. The molecule has 2 rings (SSSR count). The van der Waals surface area contributed by atoms with Crippen LogP contribution in [0.2, 0.25) is 0 Å². The summed E-state index contributed by atoms with van der Waals surface area (Å²) in [6.45, 7) is 11.8. The highest BCUT2D eigenvalue weighted by Gasteiger charge is 2.33. The van der Waals surface area contributed by atoms with Crippen LogP contribution < -0.4 is 10.6 Å². The summed E-state index contributed by atoms with van der Waals surface area (Å²) >= 11 is 0. The van der Waals surface area contributed by atoms with Crippen LogP contribution in [0.25, 0.3) is 0 Å². The smallest absolute Gasteiger partial charge is 0.191 e. The second kappa shape index (κ2) is 6.76. The molecular formula is C15H30N4O. The summed E-state index contributed by atoms with van der Waals surface area (Å²) in [5.41, 5.74) is 0.276. The molecule has 0 unspecified atom stereocenters. The van der Waals surface area contributed by atoms with Gasteiger partial charge in [0.15, 0.2) is 5.96 Å². The summed E-state index contributed by atoms with van der Waals surface area (Å²) in [7, 11) is 1.85. The third-order valence-electron chi connectivity index (χ3n) is 4.41. The first-order chi connectivity index (χ1) is 9.52. The minimum absolute atomic E-state index is 0.276. The number of ether oxygens (including phenoxy) is 1. The Kier molecular flexibility index (Phi) is 5.27. The van der Waals surface area contributed by atoms with E-state index in [1.54, 1.807) is 0 Å². The molecule has 0 aromatic carbocycles. The van der Waals surface area contributed by atoms with Gasteiger partial charge in [0.05, 0.1) is 13.2 Å². The predicted octanol–water partition coefficient (Wildman–Crippen LogP) is 1.06. The molecule has 0 radical (unpaired) electrons. The van der Waals surface area contributed by atoms with E-state index in [-0.39, 0.29) is 5.41 Å². The molecule has 5 nitrogen and oxygen atoms in total. The van der Waals surface area contributed by atoms with Crippen LogP contribution >= 0.6 is 0 Å². The zero-order valence-electron chi connectivity index (χ0n) is 13.4. The molecule has 0 bridgehead atoms. The van der Waals surface area contributed by atoms with Crippen LogP contribution in [0.15, 0.2) is 4.99 Å². The van der Waals surface area contributed by atoms with Crippen molar-refractivity contribution in [1.29, 1.82) is 0 Å². The van der Waals surface area contributed by atoms with Gasteiger partial charge >= 0.3 is 0 Å². The minimum atomic E-state index is 0.276. The molecule has 0 amide bonds. The van der Waals surface area contributed by atoms with E-state index in [0.29, 0.717) is 12.1 Å². The molecule has 0 aromatic heterocycles. The van der Waals surface area contributed by atoms with Crippen molar-refractivity contribution in [2.45, 2.75) is 45.7 Å². The zero-order valence-corrected chi connectivity index (χ0v) is 13.4. The summed E-state index contributed by atoms with van der Waals surface area (Å²) in [4.78, 5) is 6.88. The van der Waals surface area contributed by atoms with E-state index in [2.05, 4.69) is 41.3 Å². The van der Waals surface area contributed by atoms with Crippen molar-refractivity contribution in [1.82, 2.24) is 15.5 Å². The fourth-order valence-electron chi connectivity index (χ4n) is 2.80. The number of hydrogen-bond acceptors (Lipinski definition) is 3. The normalized spacial score (nSPS) is 24.6. The molecule has 0 saturated carbocycles. The van der Waals surface area contributed by atoms with Crippen LogP contribution in [0.3, 0.4) is 0 Å². The van der Waals surface area contributed by atoms with Gasteiger partial charge in [-0.3, -0.25) is 4.99 Å². The second-order valence-corrected chi connectivity index (χ2v) is 6.78. The Bertz CT molecular complexity index is 331. The number of piperidine rings is 1.